The van der Waals surface area contributed by atoms with Crippen LogP contribution in [-0.2, 0) is 6.54 Å². The van der Waals surface area contributed by atoms with Gasteiger partial charge in [0.2, 0.25) is 0 Å². The lowest BCUT2D eigenvalue weighted by molar-refractivity contribution is 0.709. The molecule has 0 aromatic carbocycles. The van der Waals surface area contributed by atoms with Gasteiger partial charge in [0.1, 0.15) is 0 Å². The second kappa shape index (κ2) is 5.80. The maximum atomic E-state index is 5.01. The van der Waals surface area contributed by atoms with Crippen molar-refractivity contribution in [3.63, 3.8) is 0 Å². The summed E-state index contributed by atoms with van der Waals surface area (Å²) < 4.78 is 0. The number of nitrogens with one attached hydrogen (secondary N) is 1. The molecule has 2 aliphatic rings. The summed E-state index contributed by atoms with van der Waals surface area (Å²) in [6, 6.07) is 0.784. The summed E-state index contributed by atoms with van der Waals surface area (Å²) in [4.78, 5) is 9.07. The molecule has 2 saturated carbocycles. The lowest BCUT2D eigenvalue weighted by atomic mass is 10.2. The molecule has 1 heterocycles. The zero-order valence-electron chi connectivity index (χ0n) is 12.1. The maximum absolute atomic E-state index is 5.01. The van der Waals surface area contributed by atoms with Gasteiger partial charge in [-0.1, -0.05) is 13.3 Å². The van der Waals surface area contributed by atoms with Gasteiger partial charge in [-0.15, -0.1) is 11.3 Å². The third kappa shape index (κ3) is 3.11. The van der Waals surface area contributed by atoms with E-state index in [0.717, 1.165) is 18.5 Å². The van der Waals surface area contributed by atoms with Gasteiger partial charge in [-0.3, -0.25) is 0 Å². The second-order valence-electron chi connectivity index (χ2n) is 5.89. The number of hydrogen-bond acceptors (Lipinski definition) is 4. The van der Waals surface area contributed by atoms with Crippen LogP contribution in [0.2, 0.25) is 0 Å². The smallest absolute Gasteiger partial charge is 0.186 e. The first kappa shape index (κ1) is 13.4. The number of thiazole rings is 1. The van der Waals surface area contributed by atoms with Crippen molar-refractivity contribution in [2.45, 2.75) is 64.0 Å². The van der Waals surface area contributed by atoms with Crippen LogP contribution in [0.15, 0.2) is 0 Å². The number of nitrogens with zero attached hydrogens (tertiary/aromatic N) is 2. The average Bonchev–Trinajstić information content (AvgIpc) is 3.30. The highest BCUT2D eigenvalue weighted by molar-refractivity contribution is 7.15. The van der Waals surface area contributed by atoms with Gasteiger partial charge in [-0.25, -0.2) is 4.98 Å². The Balaban J connectivity index is 1.79. The monoisotopic (exact) mass is 279 g/mol. The molecule has 0 aliphatic heterocycles. The van der Waals surface area contributed by atoms with E-state index in [1.54, 1.807) is 0 Å². The fraction of sp³-hybridized carbons (Fsp3) is 0.800. The van der Waals surface area contributed by atoms with E-state index < -0.39 is 0 Å². The Morgan fingerprint density at radius 3 is 2.68 bits per heavy atom. The molecule has 3 rings (SSSR count). The average molecular weight is 279 g/mol. The molecule has 2 fully saturated rings. The van der Waals surface area contributed by atoms with Gasteiger partial charge in [0.15, 0.2) is 5.13 Å². The Hall–Kier alpha value is -0.610. The van der Waals surface area contributed by atoms with Crippen molar-refractivity contribution in [1.82, 2.24) is 10.3 Å². The van der Waals surface area contributed by atoms with Crippen LogP contribution in [0.4, 0.5) is 5.13 Å². The van der Waals surface area contributed by atoms with Gasteiger partial charge >= 0.3 is 0 Å². The van der Waals surface area contributed by atoms with E-state index in [0.29, 0.717) is 0 Å². The minimum Gasteiger partial charge on any atom is -0.345 e. The highest BCUT2D eigenvalue weighted by Crippen LogP contribution is 2.45. The van der Waals surface area contributed by atoms with Crippen molar-refractivity contribution < 1.29 is 0 Å². The molecular weight excluding hydrogens is 254 g/mol. The summed E-state index contributed by atoms with van der Waals surface area (Å²) in [5.74, 6) is 0.764. The van der Waals surface area contributed by atoms with E-state index in [1.807, 2.05) is 18.4 Å². The molecule has 19 heavy (non-hydrogen) atoms. The van der Waals surface area contributed by atoms with Crippen LogP contribution in [0.5, 0.6) is 0 Å². The topological polar surface area (TPSA) is 28.2 Å². The van der Waals surface area contributed by atoms with Crippen molar-refractivity contribution >= 4 is 16.5 Å². The molecule has 0 spiro atoms. The molecule has 2 aliphatic carbocycles. The van der Waals surface area contributed by atoms with Crippen LogP contribution in [-0.4, -0.2) is 24.6 Å². The largest absolute Gasteiger partial charge is 0.345 e. The highest BCUT2D eigenvalue weighted by Gasteiger charge is 2.34. The van der Waals surface area contributed by atoms with E-state index in [1.165, 1.54) is 60.8 Å². The number of anilines is 1. The number of rotatable bonds is 8. The first-order valence-corrected chi connectivity index (χ1v) is 8.56. The van der Waals surface area contributed by atoms with E-state index in [-0.39, 0.29) is 0 Å². The second-order valence-corrected chi connectivity index (χ2v) is 6.95. The fourth-order valence-corrected chi connectivity index (χ4v) is 3.84. The summed E-state index contributed by atoms with van der Waals surface area (Å²) in [6.45, 7) is 4.45. The third-order valence-corrected chi connectivity index (χ3v) is 5.11. The number of aromatic nitrogens is 1. The first-order chi connectivity index (χ1) is 9.33. The zero-order chi connectivity index (χ0) is 13.2. The van der Waals surface area contributed by atoms with Gasteiger partial charge in [0.25, 0.3) is 0 Å². The summed E-state index contributed by atoms with van der Waals surface area (Å²) >= 11 is 1.93. The Morgan fingerprint density at radius 2 is 2.11 bits per heavy atom. The SMILES string of the molecule is CCCCN(c1nc(C2CC2)c(CNC)s1)C1CC1. The van der Waals surface area contributed by atoms with Crippen molar-refractivity contribution in [3.05, 3.63) is 10.6 Å². The van der Waals surface area contributed by atoms with Crippen LogP contribution in [0.25, 0.3) is 0 Å². The first-order valence-electron chi connectivity index (χ1n) is 7.74. The van der Waals surface area contributed by atoms with Gasteiger partial charge in [-0.2, -0.15) is 0 Å². The molecule has 4 heteroatoms. The summed E-state index contributed by atoms with van der Waals surface area (Å²) in [6.07, 6.45) is 7.98. The molecule has 0 bridgehead atoms. The maximum Gasteiger partial charge on any atom is 0.186 e. The Kier molecular flexibility index (Phi) is 4.08. The third-order valence-electron chi connectivity index (χ3n) is 4.00. The van der Waals surface area contributed by atoms with Crippen LogP contribution in [0.3, 0.4) is 0 Å². The van der Waals surface area contributed by atoms with E-state index >= 15 is 0 Å². The molecule has 3 nitrogen and oxygen atoms in total. The van der Waals surface area contributed by atoms with Gasteiger partial charge in [-0.05, 0) is 39.2 Å². The van der Waals surface area contributed by atoms with Gasteiger partial charge < -0.3 is 10.2 Å². The van der Waals surface area contributed by atoms with Gasteiger partial charge in [0.05, 0.1) is 5.69 Å². The molecule has 0 amide bonds. The van der Waals surface area contributed by atoms with E-state index in [4.69, 9.17) is 4.98 Å². The van der Waals surface area contributed by atoms with Crippen LogP contribution >= 0.6 is 11.3 Å². The molecule has 0 radical (unpaired) electrons. The molecule has 0 unspecified atom stereocenters. The van der Waals surface area contributed by atoms with Crippen LogP contribution < -0.4 is 10.2 Å². The molecule has 106 valence electrons. The molecular formula is C15H25N3S. The number of hydrogen-bond donors (Lipinski definition) is 1. The predicted molar refractivity (Wildman–Crippen MR) is 82.1 cm³/mol. The van der Waals surface area contributed by atoms with Crippen molar-refractivity contribution in [3.8, 4) is 0 Å². The minimum atomic E-state index is 0.764. The molecule has 0 saturated heterocycles. The summed E-state index contributed by atoms with van der Waals surface area (Å²) in [7, 11) is 2.03. The predicted octanol–water partition coefficient (Wildman–Crippen LogP) is 3.51. The molecule has 1 aromatic rings. The normalized spacial score (nSPS) is 18.8. The van der Waals surface area contributed by atoms with Crippen LogP contribution in [0, 0.1) is 0 Å². The quantitative estimate of drug-likeness (QED) is 0.789. The zero-order valence-corrected chi connectivity index (χ0v) is 12.9. The van der Waals surface area contributed by atoms with E-state index in [9.17, 15) is 0 Å². The Morgan fingerprint density at radius 1 is 1.32 bits per heavy atom. The number of unbranched alkanes of at least 4 members (excludes halogenated alkanes) is 1. The van der Waals surface area contributed by atoms with Crippen molar-refractivity contribution in [1.29, 1.82) is 0 Å². The fourth-order valence-electron chi connectivity index (χ4n) is 2.59. The molecule has 0 atom stereocenters. The highest BCUT2D eigenvalue weighted by atomic mass is 32.1. The molecule has 1 N–H and O–H groups in total. The van der Waals surface area contributed by atoms with E-state index in [2.05, 4.69) is 17.1 Å². The van der Waals surface area contributed by atoms with Gasteiger partial charge in [0, 0.05) is 29.9 Å². The standard InChI is InChI=1S/C15H25N3S/c1-3-4-9-18(12-7-8-12)15-17-14(11-5-6-11)13(19-15)10-16-2/h11-12,16H,3-10H2,1-2H3. The molecule has 1 aromatic heterocycles. The van der Waals surface area contributed by atoms with Crippen LogP contribution in [0.1, 0.15) is 61.9 Å². The Labute approximate surface area is 120 Å². The lowest BCUT2D eigenvalue weighted by Gasteiger charge is -2.20. The minimum absolute atomic E-state index is 0.764. The Bertz CT molecular complexity index is 421. The van der Waals surface area contributed by atoms with Crippen molar-refractivity contribution in [2.75, 3.05) is 18.5 Å². The van der Waals surface area contributed by atoms with Crippen molar-refractivity contribution in [2.24, 2.45) is 0 Å². The summed E-state index contributed by atoms with van der Waals surface area (Å²) in [5, 5.41) is 4.59. The lowest BCUT2D eigenvalue weighted by Crippen LogP contribution is -2.26. The summed E-state index contributed by atoms with van der Waals surface area (Å²) in [5.41, 5.74) is 1.40.